The van der Waals surface area contributed by atoms with Crippen molar-refractivity contribution in [1.29, 1.82) is 0 Å². The third-order valence-electron chi connectivity index (χ3n) is 3.01. The Balaban J connectivity index is 2.36. The van der Waals surface area contributed by atoms with Crippen molar-refractivity contribution in [2.24, 2.45) is 0 Å². The van der Waals surface area contributed by atoms with E-state index in [2.05, 4.69) is 15.9 Å². The first-order chi connectivity index (χ1) is 9.56. The Bertz CT molecular complexity index is 856. The Morgan fingerprint density at radius 3 is 2.50 bits per heavy atom. The van der Waals surface area contributed by atoms with E-state index in [-0.39, 0.29) is 11.3 Å². The molecule has 0 spiro atoms. The second-order valence-electron chi connectivity index (χ2n) is 4.32. The average molecular weight is 351 g/mol. The molecule has 1 aromatic heterocycles. The molecule has 0 saturated heterocycles. The highest BCUT2D eigenvalue weighted by molar-refractivity contribution is 9.10. The molecule has 1 heterocycles. The van der Waals surface area contributed by atoms with Gasteiger partial charge < -0.3 is 10.2 Å². The second-order valence-corrected chi connectivity index (χ2v) is 5.67. The molecule has 0 saturated carbocycles. The maximum Gasteiger partial charge on any atom is 0.202 e. The molecule has 0 fully saturated rings. The number of nitrogens with two attached hydrogens (primary N) is 1. The predicted molar refractivity (Wildman–Crippen MR) is 85.0 cm³/mol. The SMILES string of the molecule is Nc1oc2ccc(Cl)cc2c(=O)c1-c1ccc(Br)cc1. The molecule has 3 aromatic rings. The second kappa shape index (κ2) is 4.96. The molecule has 0 aliphatic carbocycles. The van der Waals surface area contributed by atoms with Crippen LogP contribution in [0.2, 0.25) is 5.02 Å². The fourth-order valence-electron chi connectivity index (χ4n) is 2.07. The van der Waals surface area contributed by atoms with Crippen LogP contribution in [0.4, 0.5) is 5.88 Å². The number of benzene rings is 2. The molecule has 0 aliphatic rings. The molecule has 0 bridgehead atoms. The molecule has 3 nitrogen and oxygen atoms in total. The van der Waals surface area contributed by atoms with Gasteiger partial charge in [0.1, 0.15) is 5.58 Å². The van der Waals surface area contributed by atoms with Crippen molar-refractivity contribution in [2.45, 2.75) is 0 Å². The van der Waals surface area contributed by atoms with E-state index >= 15 is 0 Å². The van der Waals surface area contributed by atoms with Gasteiger partial charge in [-0.3, -0.25) is 4.79 Å². The van der Waals surface area contributed by atoms with Crippen LogP contribution in [0, 0.1) is 0 Å². The molecule has 0 atom stereocenters. The van der Waals surface area contributed by atoms with Crippen molar-refractivity contribution in [2.75, 3.05) is 5.73 Å². The zero-order valence-corrected chi connectivity index (χ0v) is 12.5. The van der Waals surface area contributed by atoms with Crippen molar-refractivity contribution in [3.8, 4) is 11.1 Å². The summed E-state index contributed by atoms with van der Waals surface area (Å²) in [5, 5.41) is 0.904. The molecule has 0 amide bonds. The fourth-order valence-corrected chi connectivity index (χ4v) is 2.51. The summed E-state index contributed by atoms with van der Waals surface area (Å²) in [5.74, 6) is 0.104. The summed E-state index contributed by atoms with van der Waals surface area (Å²) in [4.78, 5) is 12.6. The van der Waals surface area contributed by atoms with Gasteiger partial charge in [-0.2, -0.15) is 0 Å². The van der Waals surface area contributed by atoms with E-state index in [9.17, 15) is 4.79 Å². The molecule has 3 rings (SSSR count). The molecule has 0 aliphatic heterocycles. The van der Waals surface area contributed by atoms with Crippen LogP contribution in [0.1, 0.15) is 0 Å². The Hall–Kier alpha value is -1.78. The van der Waals surface area contributed by atoms with Crippen LogP contribution in [0.15, 0.2) is 56.1 Å². The monoisotopic (exact) mass is 349 g/mol. The third kappa shape index (κ3) is 2.21. The fraction of sp³-hybridized carbons (Fsp3) is 0. The van der Waals surface area contributed by atoms with E-state index in [0.717, 1.165) is 4.47 Å². The van der Waals surface area contributed by atoms with Crippen molar-refractivity contribution in [1.82, 2.24) is 0 Å². The quantitative estimate of drug-likeness (QED) is 0.705. The number of anilines is 1. The van der Waals surface area contributed by atoms with E-state index < -0.39 is 0 Å². The van der Waals surface area contributed by atoms with Gasteiger partial charge in [0.2, 0.25) is 11.3 Å². The highest BCUT2D eigenvalue weighted by atomic mass is 79.9. The lowest BCUT2D eigenvalue weighted by molar-refractivity contribution is 0.626. The molecular formula is C15H9BrClNO2. The lowest BCUT2D eigenvalue weighted by Gasteiger charge is -2.07. The highest BCUT2D eigenvalue weighted by Crippen LogP contribution is 2.28. The topological polar surface area (TPSA) is 56.2 Å². The van der Waals surface area contributed by atoms with Gasteiger partial charge in [0.25, 0.3) is 0 Å². The summed E-state index contributed by atoms with van der Waals surface area (Å²) in [6, 6.07) is 12.2. The van der Waals surface area contributed by atoms with Gasteiger partial charge in [0.05, 0.1) is 10.9 Å². The zero-order chi connectivity index (χ0) is 14.3. The maximum absolute atomic E-state index is 12.6. The standard InChI is InChI=1S/C15H9BrClNO2/c16-9-3-1-8(2-4-9)13-14(19)11-7-10(17)5-6-12(11)20-15(13)18/h1-7H,18H2. The summed E-state index contributed by atoms with van der Waals surface area (Å²) in [6.45, 7) is 0. The molecule has 100 valence electrons. The van der Waals surface area contributed by atoms with Crippen molar-refractivity contribution >= 4 is 44.4 Å². The molecule has 2 aromatic carbocycles. The number of fused-ring (bicyclic) bond motifs is 1. The van der Waals surface area contributed by atoms with Crippen molar-refractivity contribution < 1.29 is 4.42 Å². The third-order valence-corrected chi connectivity index (χ3v) is 3.78. The Kier molecular flexibility index (Phi) is 3.28. The van der Waals surface area contributed by atoms with Gasteiger partial charge in [-0.25, -0.2) is 0 Å². The average Bonchev–Trinajstić information content (AvgIpc) is 2.42. The van der Waals surface area contributed by atoms with Gasteiger partial charge in [-0.1, -0.05) is 39.7 Å². The lowest BCUT2D eigenvalue weighted by Crippen LogP contribution is -2.08. The molecule has 20 heavy (non-hydrogen) atoms. The van der Waals surface area contributed by atoms with E-state index in [1.54, 1.807) is 18.2 Å². The van der Waals surface area contributed by atoms with Crippen LogP contribution < -0.4 is 11.2 Å². The number of hydrogen-bond donors (Lipinski definition) is 1. The van der Waals surface area contributed by atoms with Crippen LogP contribution in [-0.2, 0) is 0 Å². The number of hydrogen-bond acceptors (Lipinski definition) is 3. The largest absolute Gasteiger partial charge is 0.440 e. The highest BCUT2D eigenvalue weighted by Gasteiger charge is 2.14. The smallest absolute Gasteiger partial charge is 0.202 e. The first kappa shape index (κ1) is 13.2. The molecular weight excluding hydrogens is 342 g/mol. The first-order valence-corrected chi connectivity index (χ1v) is 7.01. The predicted octanol–water partition coefficient (Wildman–Crippen LogP) is 4.46. The minimum atomic E-state index is -0.187. The summed E-state index contributed by atoms with van der Waals surface area (Å²) in [5.41, 5.74) is 7.19. The minimum Gasteiger partial charge on any atom is -0.440 e. The van der Waals surface area contributed by atoms with E-state index in [0.29, 0.717) is 27.1 Å². The van der Waals surface area contributed by atoms with Gasteiger partial charge in [-0.05, 0) is 35.9 Å². The van der Waals surface area contributed by atoms with Crippen LogP contribution >= 0.6 is 27.5 Å². The van der Waals surface area contributed by atoms with Crippen LogP contribution in [0.25, 0.3) is 22.1 Å². The van der Waals surface area contributed by atoms with Crippen LogP contribution in [0.5, 0.6) is 0 Å². The number of rotatable bonds is 1. The minimum absolute atomic E-state index is 0.104. The molecule has 5 heteroatoms. The molecule has 2 N–H and O–H groups in total. The normalized spacial score (nSPS) is 10.9. The molecule has 0 radical (unpaired) electrons. The zero-order valence-electron chi connectivity index (χ0n) is 10.2. The van der Waals surface area contributed by atoms with Crippen LogP contribution in [0.3, 0.4) is 0 Å². The van der Waals surface area contributed by atoms with E-state index in [1.165, 1.54) is 0 Å². The van der Waals surface area contributed by atoms with Gasteiger partial charge in [0, 0.05) is 9.50 Å². The Morgan fingerprint density at radius 1 is 1.10 bits per heavy atom. The van der Waals surface area contributed by atoms with Gasteiger partial charge in [0.15, 0.2) is 0 Å². The van der Waals surface area contributed by atoms with Crippen molar-refractivity contribution in [3.63, 3.8) is 0 Å². The Morgan fingerprint density at radius 2 is 1.80 bits per heavy atom. The first-order valence-electron chi connectivity index (χ1n) is 5.84. The van der Waals surface area contributed by atoms with E-state index in [1.807, 2.05) is 24.3 Å². The summed E-state index contributed by atoms with van der Waals surface area (Å²) in [7, 11) is 0. The number of nitrogen functional groups attached to an aromatic ring is 1. The number of halogens is 2. The summed E-state index contributed by atoms with van der Waals surface area (Å²) >= 11 is 9.29. The summed E-state index contributed by atoms with van der Waals surface area (Å²) < 4.78 is 6.44. The van der Waals surface area contributed by atoms with E-state index in [4.69, 9.17) is 21.8 Å². The lowest BCUT2D eigenvalue weighted by atomic mass is 10.0. The van der Waals surface area contributed by atoms with Crippen LogP contribution in [-0.4, -0.2) is 0 Å². The Labute approximate surface area is 128 Å². The van der Waals surface area contributed by atoms with Gasteiger partial charge >= 0.3 is 0 Å². The maximum atomic E-state index is 12.6. The van der Waals surface area contributed by atoms with Gasteiger partial charge in [-0.15, -0.1) is 0 Å². The summed E-state index contributed by atoms with van der Waals surface area (Å²) in [6.07, 6.45) is 0. The van der Waals surface area contributed by atoms with Crippen molar-refractivity contribution in [3.05, 3.63) is 62.2 Å². The molecule has 0 unspecified atom stereocenters.